The molecule has 0 saturated carbocycles. The van der Waals surface area contributed by atoms with Gasteiger partial charge in [0.15, 0.2) is 0 Å². The van der Waals surface area contributed by atoms with Gasteiger partial charge in [0.1, 0.15) is 5.82 Å². The van der Waals surface area contributed by atoms with Crippen molar-refractivity contribution in [1.29, 1.82) is 0 Å². The van der Waals surface area contributed by atoms with E-state index in [1.165, 1.54) is 12.1 Å². The van der Waals surface area contributed by atoms with Gasteiger partial charge in [0.05, 0.1) is 15.7 Å². The molecule has 0 heterocycles. The Morgan fingerprint density at radius 2 is 1.90 bits per heavy atom. The summed E-state index contributed by atoms with van der Waals surface area (Å²) in [6.07, 6.45) is 0. The largest absolute Gasteiger partial charge is 0.321 e. The van der Waals surface area contributed by atoms with Gasteiger partial charge in [0, 0.05) is 4.47 Å². The smallest absolute Gasteiger partial charge is 0.256 e. The molecule has 104 valence electrons. The van der Waals surface area contributed by atoms with Crippen LogP contribution in [-0.4, -0.2) is 5.91 Å². The number of hydrogen-bond donors (Lipinski definition) is 1. The topological polar surface area (TPSA) is 29.1 Å². The van der Waals surface area contributed by atoms with Crippen molar-refractivity contribution in [1.82, 2.24) is 0 Å². The third-order valence-electron chi connectivity index (χ3n) is 2.87. The van der Waals surface area contributed by atoms with Crippen LogP contribution in [-0.2, 0) is 0 Å². The van der Waals surface area contributed by atoms with Crippen LogP contribution >= 0.6 is 31.9 Å². The number of carbonyl (C=O) groups is 1. The van der Waals surface area contributed by atoms with Gasteiger partial charge >= 0.3 is 0 Å². The lowest BCUT2D eigenvalue weighted by atomic mass is 10.1. The van der Waals surface area contributed by atoms with Crippen LogP contribution in [0.3, 0.4) is 0 Å². The number of halogens is 3. The van der Waals surface area contributed by atoms with Gasteiger partial charge in [-0.3, -0.25) is 4.79 Å². The first-order valence-corrected chi connectivity index (χ1v) is 7.51. The zero-order valence-electron chi connectivity index (χ0n) is 10.9. The Balaban J connectivity index is 2.36. The highest BCUT2D eigenvalue weighted by Gasteiger charge is 2.15. The second kappa shape index (κ2) is 6.06. The predicted octanol–water partition coefficient (Wildman–Crippen LogP) is 5.22. The standard InChI is InChI=1S/C15H12Br2FNO/c1-8-6-9(2)14(11(16)7-8)19-15(20)10-4-3-5-12(18)13(10)17/h3-7H,1-2H3,(H,19,20). The molecule has 0 bridgehead atoms. The molecule has 1 amide bonds. The minimum absolute atomic E-state index is 0.165. The van der Waals surface area contributed by atoms with Crippen LogP contribution in [0.25, 0.3) is 0 Å². The van der Waals surface area contributed by atoms with E-state index in [9.17, 15) is 9.18 Å². The third-order valence-corrected chi connectivity index (χ3v) is 4.30. The van der Waals surface area contributed by atoms with E-state index < -0.39 is 5.82 Å². The Morgan fingerprint density at radius 3 is 2.55 bits per heavy atom. The van der Waals surface area contributed by atoms with Gasteiger partial charge in [0.2, 0.25) is 0 Å². The number of benzene rings is 2. The van der Waals surface area contributed by atoms with Gasteiger partial charge in [-0.2, -0.15) is 0 Å². The fourth-order valence-corrected chi connectivity index (χ4v) is 3.15. The SMILES string of the molecule is Cc1cc(C)c(NC(=O)c2cccc(F)c2Br)c(Br)c1. The van der Waals surface area contributed by atoms with Gasteiger partial charge in [-0.1, -0.05) is 12.1 Å². The van der Waals surface area contributed by atoms with E-state index in [2.05, 4.69) is 37.2 Å². The summed E-state index contributed by atoms with van der Waals surface area (Å²) in [5, 5.41) is 2.81. The lowest BCUT2D eigenvalue weighted by molar-refractivity contribution is 0.102. The zero-order valence-corrected chi connectivity index (χ0v) is 14.1. The van der Waals surface area contributed by atoms with Crippen molar-refractivity contribution in [2.45, 2.75) is 13.8 Å². The summed E-state index contributed by atoms with van der Waals surface area (Å²) in [5.41, 5.74) is 2.99. The number of carbonyl (C=O) groups excluding carboxylic acids is 1. The van der Waals surface area contributed by atoms with Crippen LogP contribution in [0.2, 0.25) is 0 Å². The van der Waals surface area contributed by atoms with Gasteiger partial charge in [-0.15, -0.1) is 0 Å². The lowest BCUT2D eigenvalue weighted by Crippen LogP contribution is -2.14. The average molecular weight is 401 g/mol. The molecule has 2 rings (SSSR count). The van der Waals surface area contributed by atoms with Crippen LogP contribution in [0.1, 0.15) is 21.5 Å². The van der Waals surface area contributed by atoms with Crippen LogP contribution < -0.4 is 5.32 Å². The maximum atomic E-state index is 13.5. The Morgan fingerprint density at radius 1 is 1.20 bits per heavy atom. The maximum Gasteiger partial charge on any atom is 0.256 e. The summed E-state index contributed by atoms with van der Waals surface area (Å²) in [5.74, 6) is -0.818. The van der Waals surface area contributed by atoms with E-state index >= 15 is 0 Å². The van der Waals surface area contributed by atoms with E-state index in [0.29, 0.717) is 5.69 Å². The van der Waals surface area contributed by atoms with Gasteiger partial charge < -0.3 is 5.32 Å². The molecule has 0 aliphatic carbocycles. The summed E-state index contributed by atoms with van der Waals surface area (Å²) in [6.45, 7) is 3.89. The summed E-state index contributed by atoms with van der Waals surface area (Å²) in [4.78, 5) is 12.2. The molecular formula is C15H12Br2FNO. The number of aryl methyl sites for hydroxylation is 2. The third kappa shape index (κ3) is 3.10. The van der Waals surface area contributed by atoms with E-state index in [4.69, 9.17) is 0 Å². The average Bonchev–Trinajstić information content (AvgIpc) is 2.36. The quantitative estimate of drug-likeness (QED) is 0.735. The minimum atomic E-state index is -0.461. The summed E-state index contributed by atoms with van der Waals surface area (Å²) in [7, 11) is 0. The highest BCUT2D eigenvalue weighted by molar-refractivity contribution is 9.11. The van der Waals surface area contributed by atoms with Gasteiger partial charge in [-0.05, 0) is 75.0 Å². The van der Waals surface area contributed by atoms with Crippen molar-refractivity contribution in [3.8, 4) is 0 Å². The summed E-state index contributed by atoms with van der Waals surface area (Å²) >= 11 is 6.53. The molecule has 1 N–H and O–H groups in total. The molecule has 0 aliphatic rings. The molecule has 0 aliphatic heterocycles. The Bertz CT molecular complexity index is 663. The zero-order chi connectivity index (χ0) is 14.9. The van der Waals surface area contributed by atoms with Crippen molar-refractivity contribution >= 4 is 43.5 Å². The molecule has 5 heteroatoms. The van der Waals surface area contributed by atoms with Crippen LogP contribution in [0.4, 0.5) is 10.1 Å². The van der Waals surface area contributed by atoms with E-state index in [1.54, 1.807) is 6.07 Å². The number of amides is 1. The fraction of sp³-hybridized carbons (Fsp3) is 0.133. The highest BCUT2D eigenvalue weighted by atomic mass is 79.9. The number of nitrogens with one attached hydrogen (secondary N) is 1. The first-order valence-electron chi connectivity index (χ1n) is 5.92. The minimum Gasteiger partial charge on any atom is -0.321 e. The second-order valence-corrected chi connectivity index (χ2v) is 6.14. The van der Waals surface area contributed by atoms with E-state index in [1.807, 2.05) is 26.0 Å². The van der Waals surface area contributed by atoms with Gasteiger partial charge in [-0.25, -0.2) is 4.39 Å². The first kappa shape index (κ1) is 15.2. The predicted molar refractivity (Wildman–Crippen MR) is 85.7 cm³/mol. The Hall–Kier alpha value is -1.20. The van der Waals surface area contributed by atoms with Gasteiger partial charge in [0.25, 0.3) is 5.91 Å². The van der Waals surface area contributed by atoms with Crippen molar-refractivity contribution < 1.29 is 9.18 Å². The molecule has 0 aromatic heterocycles. The van der Waals surface area contributed by atoms with Crippen LogP contribution in [0.5, 0.6) is 0 Å². The van der Waals surface area contributed by atoms with Crippen LogP contribution in [0.15, 0.2) is 39.3 Å². The summed E-state index contributed by atoms with van der Waals surface area (Å²) < 4.78 is 14.4. The molecule has 0 unspecified atom stereocenters. The van der Waals surface area contributed by atoms with Crippen molar-refractivity contribution in [3.05, 3.63) is 61.8 Å². The normalized spacial score (nSPS) is 10.4. The monoisotopic (exact) mass is 399 g/mol. The first-order chi connectivity index (χ1) is 9.40. The van der Waals surface area contributed by atoms with E-state index in [0.717, 1.165) is 15.6 Å². The molecule has 2 aromatic carbocycles. The molecule has 2 aromatic rings. The molecule has 0 radical (unpaired) electrons. The highest BCUT2D eigenvalue weighted by Crippen LogP contribution is 2.29. The Kier molecular flexibility index (Phi) is 4.60. The summed E-state index contributed by atoms with van der Waals surface area (Å²) in [6, 6.07) is 8.27. The van der Waals surface area contributed by atoms with Crippen molar-refractivity contribution in [3.63, 3.8) is 0 Å². The molecule has 20 heavy (non-hydrogen) atoms. The van der Waals surface area contributed by atoms with Crippen LogP contribution in [0, 0.1) is 19.7 Å². The van der Waals surface area contributed by atoms with E-state index in [-0.39, 0.29) is 15.9 Å². The maximum absolute atomic E-state index is 13.5. The second-order valence-electron chi connectivity index (χ2n) is 4.49. The Labute approximate surface area is 133 Å². The lowest BCUT2D eigenvalue weighted by Gasteiger charge is -2.12. The fourth-order valence-electron chi connectivity index (χ4n) is 1.93. The molecular weight excluding hydrogens is 389 g/mol. The molecule has 2 nitrogen and oxygen atoms in total. The number of hydrogen-bond acceptors (Lipinski definition) is 1. The number of anilines is 1. The molecule has 0 atom stereocenters. The van der Waals surface area contributed by atoms with Crippen molar-refractivity contribution in [2.75, 3.05) is 5.32 Å². The number of rotatable bonds is 2. The molecule has 0 saturated heterocycles. The molecule has 0 spiro atoms. The molecule has 0 fully saturated rings. The van der Waals surface area contributed by atoms with Crippen molar-refractivity contribution in [2.24, 2.45) is 0 Å².